The minimum atomic E-state index is -1.58. The first-order chi connectivity index (χ1) is 17.8. The zero-order valence-corrected chi connectivity index (χ0v) is 27.1. The summed E-state index contributed by atoms with van der Waals surface area (Å²) in [5, 5.41) is 13.4. The molecule has 0 bridgehead atoms. The first-order valence-corrected chi connectivity index (χ1v) is 16.5. The van der Waals surface area contributed by atoms with Gasteiger partial charge in [-0.1, -0.05) is 80.3 Å². The van der Waals surface area contributed by atoms with Gasteiger partial charge in [0.25, 0.3) is 0 Å². The van der Waals surface area contributed by atoms with Gasteiger partial charge in [-0.15, -0.1) is 17.7 Å². The number of pyridine rings is 1. The molecule has 5 aromatic rings. The third-order valence-electron chi connectivity index (χ3n) is 7.35. The van der Waals surface area contributed by atoms with E-state index in [4.69, 9.17) is 14.5 Å². The number of furan rings is 1. The van der Waals surface area contributed by atoms with Crippen molar-refractivity contribution in [2.75, 3.05) is 0 Å². The Kier molecular flexibility index (Phi) is 7.54. The van der Waals surface area contributed by atoms with Gasteiger partial charge in [-0.25, -0.2) is 0 Å². The first-order valence-electron chi connectivity index (χ1n) is 13.0. The number of hydrogen-bond donors (Lipinski definition) is 1. The zero-order valence-electron chi connectivity index (χ0n) is 23.7. The number of benzene rings is 3. The molecule has 0 saturated carbocycles. The molecule has 2 aromatic heterocycles. The molecule has 0 aliphatic heterocycles. The maximum absolute atomic E-state index is 10.0. The van der Waals surface area contributed by atoms with Crippen molar-refractivity contribution in [1.29, 1.82) is 0 Å². The molecule has 2 heterocycles. The van der Waals surface area contributed by atoms with Crippen LogP contribution in [0.25, 0.3) is 44.1 Å². The average molecular weight is 713 g/mol. The average Bonchev–Trinajstić information content (AvgIpc) is 3.17. The smallest absolute Gasteiger partial charge is 0.155 e. The van der Waals surface area contributed by atoms with Gasteiger partial charge in [0.1, 0.15) is 5.58 Å². The number of nitrogens with zero attached hydrogens (tertiary/aromatic N) is 1. The SMILES string of the molecule is CC(=O)/C=C(/C)O.Cc1ccc2nc3c(cc2c1)C(C)(C)c1ccc([Si](C)(C)C)c2oc4cc[c-]c-3c4c12.[Ir]. The van der Waals surface area contributed by atoms with Gasteiger partial charge >= 0.3 is 0 Å². The molecule has 1 N–H and O–H groups in total. The Labute approximate surface area is 244 Å². The van der Waals surface area contributed by atoms with Crippen molar-refractivity contribution in [1.82, 2.24) is 4.98 Å². The molecule has 0 atom stereocenters. The second kappa shape index (κ2) is 10.2. The van der Waals surface area contributed by atoms with Crippen LogP contribution in [0.1, 0.15) is 44.4 Å². The van der Waals surface area contributed by atoms with Crippen molar-refractivity contribution in [3.8, 4) is 11.3 Å². The van der Waals surface area contributed by atoms with Gasteiger partial charge in [-0.3, -0.25) is 9.78 Å². The molecule has 6 rings (SSSR count). The predicted octanol–water partition coefficient (Wildman–Crippen LogP) is 8.13. The summed E-state index contributed by atoms with van der Waals surface area (Å²) in [5.41, 5.74) is 8.74. The van der Waals surface area contributed by atoms with Crippen molar-refractivity contribution in [2.24, 2.45) is 0 Å². The molecular weight excluding hydrogens is 679 g/mol. The number of fused-ring (bicyclic) bond motifs is 3. The molecule has 1 radical (unpaired) electrons. The van der Waals surface area contributed by atoms with Crippen LogP contribution in [0.4, 0.5) is 0 Å². The third-order valence-corrected chi connectivity index (χ3v) is 9.36. The van der Waals surface area contributed by atoms with E-state index >= 15 is 0 Å². The summed E-state index contributed by atoms with van der Waals surface area (Å²) >= 11 is 0. The van der Waals surface area contributed by atoms with E-state index in [1.165, 1.54) is 58.0 Å². The van der Waals surface area contributed by atoms with Crippen LogP contribution in [-0.4, -0.2) is 23.9 Å². The minimum absolute atomic E-state index is 0. The number of carbonyl (C=O) groups is 1. The Morgan fingerprint density at radius 3 is 2.36 bits per heavy atom. The van der Waals surface area contributed by atoms with Gasteiger partial charge in [-0.05, 0) is 60.1 Å². The van der Waals surface area contributed by atoms with Crippen LogP contribution in [0.3, 0.4) is 0 Å². The number of allylic oxidation sites excluding steroid dienone is 2. The van der Waals surface area contributed by atoms with Crippen LogP contribution in [0.15, 0.2) is 64.8 Å². The minimum Gasteiger partial charge on any atom is -0.512 e. The fraction of sp³-hybridized carbons (Fsp3) is 0.273. The molecule has 0 saturated heterocycles. The Balaban J connectivity index is 0.000000394. The van der Waals surface area contributed by atoms with Gasteiger partial charge in [0.2, 0.25) is 0 Å². The van der Waals surface area contributed by atoms with E-state index in [0.717, 1.165) is 27.9 Å². The fourth-order valence-corrected chi connectivity index (χ4v) is 7.00. The van der Waals surface area contributed by atoms with Crippen molar-refractivity contribution >= 4 is 51.9 Å². The number of aryl methyl sites for hydroxylation is 1. The fourth-order valence-electron chi connectivity index (χ4n) is 5.56. The zero-order chi connectivity index (χ0) is 27.6. The monoisotopic (exact) mass is 713 g/mol. The van der Waals surface area contributed by atoms with Crippen LogP contribution in [-0.2, 0) is 30.3 Å². The van der Waals surface area contributed by atoms with Gasteiger partial charge < -0.3 is 9.52 Å². The van der Waals surface area contributed by atoms with E-state index in [9.17, 15) is 4.79 Å². The Bertz CT molecular complexity index is 1790. The van der Waals surface area contributed by atoms with Gasteiger partial charge in [0.15, 0.2) is 5.78 Å². The summed E-state index contributed by atoms with van der Waals surface area (Å²) in [5.74, 6) is -0.0625. The number of aliphatic hydroxyl groups is 1. The molecule has 0 unspecified atom stereocenters. The standard InChI is InChI=1S/C28H26NOSi.C5H8O2.Ir/c1-16-10-12-21-17(14-16)15-20-26(29-21)18-8-7-9-22-24(18)25-19(28(20,2)3)11-13-23(27(25)30-22)31(4,5)6;1-4(6)3-5(2)7;/h7,9-15H,1-6H3;3,6H,1-2H3;/q-1;;/b;4-3-;. The van der Waals surface area contributed by atoms with E-state index in [1.807, 2.05) is 6.07 Å². The number of carbonyl (C=O) groups excluding carboxylic acids is 1. The van der Waals surface area contributed by atoms with E-state index in [1.54, 1.807) is 0 Å². The van der Waals surface area contributed by atoms with E-state index in [-0.39, 0.29) is 37.1 Å². The van der Waals surface area contributed by atoms with Crippen molar-refractivity contribution in [3.05, 3.63) is 83.1 Å². The first kappa shape index (κ1) is 28.9. The number of ketones is 1. The van der Waals surface area contributed by atoms with E-state index < -0.39 is 8.07 Å². The molecule has 39 heavy (non-hydrogen) atoms. The third kappa shape index (κ3) is 5.02. The molecule has 1 aliphatic rings. The molecule has 203 valence electrons. The van der Waals surface area contributed by atoms with Crippen LogP contribution in [0.2, 0.25) is 19.6 Å². The summed E-state index contributed by atoms with van der Waals surface area (Å²) in [7, 11) is -1.58. The summed E-state index contributed by atoms with van der Waals surface area (Å²) in [6.45, 7) is 16.8. The van der Waals surface area contributed by atoms with Gasteiger partial charge in [-0.2, -0.15) is 0 Å². The molecule has 4 nitrogen and oxygen atoms in total. The van der Waals surface area contributed by atoms with Crippen LogP contribution in [0, 0.1) is 13.0 Å². The van der Waals surface area contributed by atoms with Gasteiger partial charge in [0.05, 0.1) is 24.9 Å². The molecular formula is C33H34IrNO3Si-. The van der Waals surface area contributed by atoms with Crippen molar-refractivity contribution in [3.63, 3.8) is 0 Å². The Morgan fingerprint density at radius 1 is 1.03 bits per heavy atom. The number of aliphatic hydroxyl groups excluding tert-OH is 1. The molecule has 0 fully saturated rings. The maximum atomic E-state index is 10.0. The molecule has 0 amide bonds. The quantitative estimate of drug-likeness (QED) is 0.0870. The summed E-state index contributed by atoms with van der Waals surface area (Å²) < 4.78 is 6.57. The molecule has 1 aliphatic carbocycles. The summed E-state index contributed by atoms with van der Waals surface area (Å²) in [6.07, 6.45) is 1.17. The number of aromatic nitrogens is 1. The van der Waals surface area contributed by atoms with Gasteiger partial charge in [0, 0.05) is 31.6 Å². The number of hydrogen-bond acceptors (Lipinski definition) is 4. The summed E-state index contributed by atoms with van der Waals surface area (Å²) in [4.78, 5) is 15.2. The van der Waals surface area contributed by atoms with Crippen molar-refractivity contribution < 1.29 is 34.4 Å². The topological polar surface area (TPSA) is 63.3 Å². The molecule has 6 heteroatoms. The van der Waals surface area contributed by atoms with Crippen LogP contribution >= 0.6 is 0 Å². The molecule has 3 aromatic carbocycles. The largest absolute Gasteiger partial charge is 0.512 e. The number of rotatable bonds is 2. The Hall–Kier alpha value is -3.05. The maximum Gasteiger partial charge on any atom is 0.155 e. The van der Waals surface area contributed by atoms with Crippen molar-refractivity contribution in [2.45, 2.75) is 59.7 Å². The predicted molar refractivity (Wildman–Crippen MR) is 160 cm³/mol. The van der Waals surface area contributed by atoms with Crippen LogP contribution in [0.5, 0.6) is 0 Å². The van der Waals surface area contributed by atoms with E-state index in [0.29, 0.717) is 0 Å². The van der Waals surface area contributed by atoms with Crippen LogP contribution < -0.4 is 5.19 Å². The normalized spacial score (nSPS) is 14.0. The second-order valence-corrected chi connectivity index (χ2v) is 16.9. The molecule has 0 spiro atoms. The summed E-state index contributed by atoms with van der Waals surface area (Å²) in [6, 6.07) is 21.1. The Morgan fingerprint density at radius 2 is 1.74 bits per heavy atom. The second-order valence-electron chi connectivity index (χ2n) is 11.9. The van der Waals surface area contributed by atoms with E-state index in [2.05, 4.69) is 88.9 Å².